The van der Waals surface area contributed by atoms with Crippen molar-refractivity contribution in [3.05, 3.63) is 44.8 Å². The summed E-state index contributed by atoms with van der Waals surface area (Å²) in [5.74, 6) is -0.166. The molecule has 3 nitrogen and oxygen atoms in total. The summed E-state index contributed by atoms with van der Waals surface area (Å²) in [5, 5.41) is 5.28. The maximum Gasteiger partial charge on any atom is 0.165 e. The smallest absolute Gasteiger partial charge is 0.165 e. The minimum absolute atomic E-state index is 0.0236. The molecule has 0 saturated heterocycles. The number of benzene rings is 1. The van der Waals surface area contributed by atoms with Crippen LogP contribution in [0.1, 0.15) is 10.9 Å². The van der Waals surface area contributed by atoms with E-state index in [4.69, 9.17) is 10.5 Å². The summed E-state index contributed by atoms with van der Waals surface area (Å²) in [4.78, 5) is 1.12. The van der Waals surface area contributed by atoms with Gasteiger partial charge in [-0.2, -0.15) is 0 Å². The Morgan fingerprint density at radius 1 is 1.47 bits per heavy atom. The number of halogens is 2. The lowest BCUT2D eigenvalue weighted by molar-refractivity contribution is 0.386. The van der Waals surface area contributed by atoms with Gasteiger partial charge in [0.25, 0.3) is 0 Å². The van der Waals surface area contributed by atoms with Crippen molar-refractivity contribution in [3.8, 4) is 5.75 Å². The predicted octanol–water partition coefficient (Wildman–Crippen LogP) is 3.77. The summed E-state index contributed by atoms with van der Waals surface area (Å²) in [7, 11) is 1.44. The molecule has 2 rings (SSSR count). The molecule has 0 radical (unpaired) electrons. The van der Waals surface area contributed by atoms with E-state index in [0.717, 1.165) is 15.0 Å². The highest BCUT2D eigenvalue weighted by molar-refractivity contribution is 9.10. The summed E-state index contributed by atoms with van der Waals surface area (Å²) in [6.45, 7) is 0.443. The molecule has 0 aliphatic carbocycles. The van der Waals surface area contributed by atoms with Crippen LogP contribution < -0.4 is 15.8 Å². The molecule has 1 atom stereocenters. The molecule has 0 aliphatic heterocycles. The molecule has 3 N–H and O–H groups in total. The molecule has 1 aromatic heterocycles. The fraction of sp³-hybridized carbons (Fsp3) is 0.231. The Morgan fingerprint density at radius 2 is 2.26 bits per heavy atom. The Labute approximate surface area is 123 Å². The summed E-state index contributed by atoms with van der Waals surface area (Å²) in [5.41, 5.74) is 6.57. The highest BCUT2D eigenvalue weighted by Gasteiger charge is 2.15. The molecule has 1 unspecified atom stereocenters. The number of nitrogens with one attached hydrogen (secondary N) is 1. The molecule has 102 valence electrons. The van der Waals surface area contributed by atoms with Gasteiger partial charge in [0.15, 0.2) is 11.6 Å². The van der Waals surface area contributed by atoms with Gasteiger partial charge in [0.2, 0.25) is 0 Å². The largest absolute Gasteiger partial charge is 0.494 e. The first-order valence-electron chi connectivity index (χ1n) is 5.68. The van der Waals surface area contributed by atoms with Crippen molar-refractivity contribution in [1.82, 2.24) is 0 Å². The number of hydrogen-bond donors (Lipinski definition) is 2. The maximum absolute atomic E-state index is 13.3. The molecule has 0 amide bonds. The fourth-order valence-electron chi connectivity index (χ4n) is 1.74. The first-order valence-corrected chi connectivity index (χ1v) is 7.36. The second-order valence-corrected chi connectivity index (χ2v) is 5.72. The summed E-state index contributed by atoms with van der Waals surface area (Å²) in [6, 6.07) is 6.62. The zero-order chi connectivity index (χ0) is 13.8. The third-order valence-corrected chi connectivity index (χ3v) is 4.67. The number of rotatable bonds is 5. The molecular formula is C13H14BrFN2OS. The standard InChI is InChI=1S/C13H14BrFN2OS/c1-18-12-6-8(2-3-10(12)15)17-11(7-16)13-9(14)4-5-19-13/h2-6,11,17H,7,16H2,1H3. The highest BCUT2D eigenvalue weighted by Crippen LogP contribution is 2.32. The normalized spacial score (nSPS) is 12.2. The van der Waals surface area contributed by atoms with Gasteiger partial charge >= 0.3 is 0 Å². The van der Waals surface area contributed by atoms with Crippen LogP contribution in [-0.2, 0) is 0 Å². The van der Waals surface area contributed by atoms with Gasteiger partial charge in [0, 0.05) is 27.6 Å². The van der Waals surface area contributed by atoms with Crippen LogP contribution in [0.2, 0.25) is 0 Å². The molecule has 19 heavy (non-hydrogen) atoms. The van der Waals surface area contributed by atoms with E-state index in [-0.39, 0.29) is 17.6 Å². The molecule has 0 fully saturated rings. The topological polar surface area (TPSA) is 47.3 Å². The van der Waals surface area contributed by atoms with Gasteiger partial charge in [0.05, 0.1) is 13.2 Å². The quantitative estimate of drug-likeness (QED) is 0.867. The van der Waals surface area contributed by atoms with Crippen LogP contribution in [0.15, 0.2) is 34.1 Å². The molecule has 0 aliphatic rings. The van der Waals surface area contributed by atoms with E-state index in [0.29, 0.717) is 6.54 Å². The third-order valence-electron chi connectivity index (χ3n) is 2.69. The fourth-order valence-corrected chi connectivity index (χ4v) is 3.45. The van der Waals surface area contributed by atoms with Crippen molar-refractivity contribution in [1.29, 1.82) is 0 Å². The zero-order valence-electron chi connectivity index (χ0n) is 10.3. The molecule has 2 aromatic rings. The van der Waals surface area contributed by atoms with E-state index in [2.05, 4.69) is 21.2 Å². The summed E-state index contributed by atoms with van der Waals surface area (Å²) >= 11 is 5.11. The highest BCUT2D eigenvalue weighted by atomic mass is 79.9. The minimum Gasteiger partial charge on any atom is -0.494 e. The Balaban J connectivity index is 2.21. The van der Waals surface area contributed by atoms with Gasteiger partial charge in [-0.05, 0) is 39.5 Å². The van der Waals surface area contributed by atoms with Crippen molar-refractivity contribution < 1.29 is 9.13 Å². The molecule has 1 heterocycles. The molecule has 1 aromatic carbocycles. The van der Waals surface area contributed by atoms with Crippen molar-refractivity contribution in [2.75, 3.05) is 19.0 Å². The minimum atomic E-state index is -0.380. The lowest BCUT2D eigenvalue weighted by Crippen LogP contribution is -2.20. The van der Waals surface area contributed by atoms with E-state index >= 15 is 0 Å². The van der Waals surface area contributed by atoms with Crippen LogP contribution in [0, 0.1) is 5.82 Å². The van der Waals surface area contributed by atoms with Gasteiger partial charge in [-0.15, -0.1) is 11.3 Å². The third kappa shape index (κ3) is 3.26. The second-order valence-electron chi connectivity index (χ2n) is 3.91. The zero-order valence-corrected chi connectivity index (χ0v) is 12.7. The average molecular weight is 345 g/mol. The Kier molecular flexibility index (Phi) is 4.79. The van der Waals surface area contributed by atoms with Crippen molar-refractivity contribution >= 4 is 33.0 Å². The van der Waals surface area contributed by atoms with Gasteiger partial charge in [-0.25, -0.2) is 4.39 Å². The van der Waals surface area contributed by atoms with Crippen LogP contribution in [0.5, 0.6) is 5.75 Å². The first-order chi connectivity index (χ1) is 9.15. The SMILES string of the molecule is COc1cc(NC(CN)c2sccc2Br)ccc1F. The van der Waals surface area contributed by atoms with E-state index in [1.165, 1.54) is 13.2 Å². The number of ether oxygens (including phenoxy) is 1. The Hall–Kier alpha value is -1.11. The lowest BCUT2D eigenvalue weighted by Gasteiger charge is -2.18. The van der Waals surface area contributed by atoms with E-state index in [1.807, 2.05) is 11.4 Å². The number of methoxy groups -OCH3 is 1. The van der Waals surface area contributed by atoms with Crippen LogP contribution in [0.4, 0.5) is 10.1 Å². The predicted molar refractivity (Wildman–Crippen MR) is 80.4 cm³/mol. The van der Waals surface area contributed by atoms with Crippen LogP contribution >= 0.6 is 27.3 Å². The van der Waals surface area contributed by atoms with E-state index < -0.39 is 0 Å². The Morgan fingerprint density at radius 3 is 2.84 bits per heavy atom. The van der Waals surface area contributed by atoms with Crippen molar-refractivity contribution in [2.45, 2.75) is 6.04 Å². The van der Waals surface area contributed by atoms with Crippen molar-refractivity contribution in [2.24, 2.45) is 5.73 Å². The lowest BCUT2D eigenvalue weighted by atomic mass is 10.2. The summed E-state index contributed by atoms with van der Waals surface area (Å²) < 4.78 is 19.3. The molecule has 0 saturated carbocycles. The van der Waals surface area contributed by atoms with Gasteiger partial charge in [0.1, 0.15) is 0 Å². The van der Waals surface area contributed by atoms with Crippen LogP contribution in [0.3, 0.4) is 0 Å². The van der Waals surface area contributed by atoms with Gasteiger partial charge in [-0.3, -0.25) is 0 Å². The number of anilines is 1. The van der Waals surface area contributed by atoms with Crippen molar-refractivity contribution in [3.63, 3.8) is 0 Å². The molecule has 0 bridgehead atoms. The average Bonchev–Trinajstić information content (AvgIpc) is 2.84. The second kappa shape index (κ2) is 6.36. The summed E-state index contributed by atoms with van der Waals surface area (Å²) in [6.07, 6.45) is 0. The maximum atomic E-state index is 13.3. The van der Waals surface area contributed by atoms with Crippen LogP contribution in [-0.4, -0.2) is 13.7 Å². The monoisotopic (exact) mass is 344 g/mol. The molecule has 6 heteroatoms. The first kappa shape index (κ1) is 14.3. The van der Waals surface area contributed by atoms with Crippen LogP contribution in [0.25, 0.3) is 0 Å². The molecular weight excluding hydrogens is 331 g/mol. The number of hydrogen-bond acceptors (Lipinski definition) is 4. The van der Waals surface area contributed by atoms with E-state index in [1.54, 1.807) is 23.5 Å². The van der Waals surface area contributed by atoms with E-state index in [9.17, 15) is 4.39 Å². The number of nitrogens with two attached hydrogens (primary N) is 1. The van der Waals surface area contributed by atoms with Gasteiger partial charge < -0.3 is 15.8 Å². The molecule has 0 spiro atoms. The Bertz CT molecular complexity index is 561. The number of thiophene rings is 1. The van der Waals surface area contributed by atoms with Gasteiger partial charge in [-0.1, -0.05) is 0 Å².